The van der Waals surface area contributed by atoms with Gasteiger partial charge in [-0.3, -0.25) is 0 Å². The SMILES string of the molecule is CCCC1=C(C(=O)OCC)[C@H](c2cccc(C)c2)n2ncnc2N1. The second-order valence-corrected chi connectivity index (χ2v) is 5.83. The summed E-state index contributed by atoms with van der Waals surface area (Å²) in [5.74, 6) is 0.346. The van der Waals surface area contributed by atoms with Gasteiger partial charge < -0.3 is 10.1 Å². The summed E-state index contributed by atoms with van der Waals surface area (Å²) in [6, 6.07) is 7.78. The van der Waals surface area contributed by atoms with Crippen molar-refractivity contribution in [3.05, 3.63) is 53.0 Å². The van der Waals surface area contributed by atoms with E-state index in [1.54, 1.807) is 4.68 Å². The summed E-state index contributed by atoms with van der Waals surface area (Å²) >= 11 is 0. The summed E-state index contributed by atoms with van der Waals surface area (Å²) in [6.45, 7) is 6.27. The molecule has 6 nitrogen and oxygen atoms in total. The molecule has 6 heteroatoms. The molecule has 1 aliphatic rings. The first-order valence-corrected chi connectivity index (χ1v) is 8.29. The van der Waals surface area contributed by atoms with Gasteiger partial charge in [-0.2, -0.15) is 10.1 Å². The Morgan fingerprint density at radius 2 is 2.21 bits per heavy atom. The maximum absolute atomic E-state index is 12.7. The van der Waals surface area contributed by atoms with E-state index in [0.29, 0.717) is 18.1 Å². The number of carbonyl (C=O) groups excluding carboxylic acids is 1. The maximum atomic E-state index is 12.7. The Morgan fingerprint density at radius 3 is 2.92 bits per heavy atom. The van der Waals surface area contributed by atoms with E-state index in [9.17, 15) is 4.79 Å². The van der Waals surface area contributed by atoms with Crippen LogP contribution in [0, 0.1) is 6.92 Å². The van der Waals surface area contributed by atoms with Gasteiger partial charge in [0.05, 0.1) is 12.2 Å². The van der Waals surface area contributed by atoms with E-state index in [0.717, 1.165) is 29.7 Å². The van der Waals surface area contributed by atoms with E-state index in [1.807, 2.05) is 32.0 Å². The lowest BCUT2D eigenvalue weighted by Crippen LogP contribution is -2.30. The first-order valence-electron chi connectivity index (χ1n) is 8.29. The van der Waals surface area contributed by atoms with E-state index in [2.05, 4.69) is 28.4 Å². The molecule has 0 amide bonds. The van der Waals surface area contributed by atoms with Crippen molar-refractivity contribution in [2.24, 2.45) is 0 Å². The molecule has 0 bridgehead atoms. The fourth-order valence-electron chi connectivity index (χ4n) is 3.06. The van der Waals surface area contributed by atoms with Crippen molar-refractivity contribution in [3.63, 3.8) is 0 Å². The van der Waals surface area contributed by atoms with Crippen molar-refractivity contribution < 1.29 is 9.53 Å². The van der Waals surface area contributed by atoms with Crippen molar-refractivity contribution in [1.82, 2.24) is 14.8 Å². The van der Waals surface area contributed by atoms with Crippen LogP contribution in [0.1, 0.15) is 43.9 Å². The predicted molar refractivity (Wildman–Crippen MR) is 91.5 cm³/mol. The number of esters is 1. The minimum absolute atomic E-state index is 0.305. The number of ether oxygens (including phenoxy) is 1. The highest BCUT2D eigenvalue weighted by molar-refractivity contribution is 5.92. The Hall–Kier alpha value is -2.63. The summed E-state index contributed by atoms with van der Waals surface area (Å²) < 4.78 is 7.08. The van der Waals surface area contributed by atoms with E-state index in [1.165, 1.54) is 6.33 Å². The Kier molecular flexibility index (Phi) is 4.64. The standard InChI is InChI=1S/C18H22N4O2/c1-4-7-14-15(17(23)24-5-2)16(13-9-6-8-12(3)10-13)22-18(21-14)19-11-20-22/h6,8-11,16H,4-5,7H2,1-3H3,(H,19,20,21)/t16-/m0/s1. The normalized spacial score (nSPS) is 16.5. The Labute approximate surface area is 141 Å². The number of anilines is 1. The molecule has 2 heterocycles. The van der Waals surface area contributed by atoms with Crippen LogP contribution in [0.25, 0.3) is 0 Å². The minimum Gasteiger partial charge on any atom is -0.463 e. The van der Waals surface area contributed by atoms with Crippen LogP contribution >= 0.6 is 0 Å². The third-order valence-corrected chi connectivity index (χ3v) is 4.03. The number of nitrogens with zero attached hydrogens (tertiary/aromatic N) is 3. The molecule has 0 spiro atoms. The number of aromatic nitrogens is 3. The molecule has 3 rings (SSSR count). The van der Waals surface area contributed by atoms with Crippen LogP contribution in [0.3, 0.4) is 0 Å². The van der Waals surface area contributed by atoms with Crippen molar-refractivity contribution in [2.75, 3.05) is 11.9 Å². The van der Waals surface area contributed by atoms with E-state index in [4.69, 9.17) is 4.74 Å². The number of rotatable bonds is 5. The predicted octanol–water partition coefficient (Wildman–Crippen LogP) is 3.22. The molecule has 1 N–H and O–H groups in total. The summed E-state index contributed by atoms with van der Waals surface area (Å²) in [5, 5.41) is 7.58. The molecular weight excluding hydrogens is 304 g/mol. The number of allylic oxidation sites excluding steroid dienone is 1. The number of nitrogens with one attached hydrogen (secondary N) is 1. The maximum Gasteiger partial charge on any atom is 0.338 e. The number of hydrogen-bond donors (Lipinski definition) is 1. The second kappa shape index (κ2) is 6.86. The smallest absolute Gasteiger partial charge is 0.338 e. The third-order valence-electron chi connectivity index (χ3n) is 4.03. The van der Waals surface area contributed by atoms with Gasteiger partial charge in [0, 0.05) is 5.70 Å². The van der Waals surface area contributed by atoms with Gasteiger partial charge in [0.25, 0.3) is 0 Å². The van der Waals surface area contributed by atoms with Crippen molar-refractivity contribution in [1.29, 1.82) is 0 Å². The van der Waals surface area contributed by atoms with Crippen LogP contribution in [-0.2, 0) is 9.53 Å². The highest BCUT2D eigenvalue weighted by Gasteiger charge is 2.35. The Bertz CT molecular complexity index is 779. The van der Waals surface area contributed by atoms with Crippen LogP contribution < -0.4 is 5.32 Å². The highest BCUT2D eigenvalue weighted by atomic mass is 16.5. The van der Waals surface area contributed by atoms with Gasteiger partial charge in [-0.05, 0) is 25.8 Å². The second-order valence-electron chi connectivity index (χ2n) is 5.83. The lowest BCUT2D eigenvalue weighted by atomic mass is 9.93. The number of fused-ring (bicyclic) bond motifs is 1. The number of hydrogen-bond acceptors (Lipinski definition) is 5. The Balaban J connectivity index is 2.17. The zero-order valence-electron chi connectivity index (χ0n) is 14.2. The number of aryl methyl sites for hydroxylation is 1. The molecule has 2 aromatic rings. The molecule has 24 heavy (non-hydrogen) atoms. The van der Waals surface area contributed by atoms with Gasteiger partial charge in [-0.15, -0.1) is 0 Å². The minimum atomic E-state index is -0.329. The molecule has 1 atom stereocenters. The summed E-state index contributed by atoms with van der Waals surface area (Å²) in [4.78, 5) is 17.0. The van der Waals surface area contributed by atoms with Crippen LogP contribution in [0.2, 0.25) is 0 Å². The molecule has 1 aromatic carbocycles. The van der Waals surface area contributed by atoms with Crippen LogP contribution in [-0.4, -0.2) is 27.3 Å². The van der Waals surface area contributed by atoms with E-state index >= 15 is 0 Å². The lowest BCUT2D eigenvalue weighted by Gasteiger charge is -2.29. The lowest BCUT2D eigenvalue weighted by molar-refractivity contribution is -0.139. The number of carbonyl (C=O) groups is 1. The average molecular weight is 326 g/mol. The van der Waals surface area contributed by atoms with Crippen molar-refractivity contribution in [3.8, 4) is 0 Å². The third kappa shape index (κ3) is 2.91. The zero-order valence-corrected chi connectivity index (χ0v) is 14.2. The molecular formula is C18H22N4O2. The van der Waals surface area contributed by atoms with E-state index < -0.39 is 0 Å². The molecule has 1 aromatic heterocycles. The fourth-order valence-corrected chi connectivity index (χ4v) is 3.06. The molecule has 1 aliphatic heterocycles. The van der Waals surface area contributed by atoms with Gasteiger partial charge in [0.15, 0.2) is 0 Å². The molecule has 0 radical (unpaired) electrons. The van der Waals surface area contributed by atoms with Crippen LogP contribution in [0.15, 0.2) is 41.9 Å². The fraction of sp³-hybridized carbons (Fsp3) is 0.389. The topological polar surface area (TPSA) is 69.0 Å². The molecule has 0 unspecified atom stereocenters. The van der Waals surface area contributed by atoms with E-state index in [-0.39, 0.29) is 12.0 Å². The van der Waals surface area contributed by atoms with Gasteiger partial charge in [0.2, 0.25) is 5.95 Å². The molecule has 0 aliphatic carbocycles. The summed E-state index contributed by atoms with van der Waals surface area (Å²) in [7, 11) is 0. The molecule has 0 fully saturated rings. The first kappa shape index (κ1) is 16.2. The molecule has 0 saturated carbocycles. The zero-order chi connectivity index (χ0) is 17.1. The Morgan fingerprint density at radius 1 is 1.38 bits per heavy atom. The number of benzene rings is 1. The average Bonchev–Trinajstić information content (AvgIpc) is 3.02. The summed E-state index contributed by atoms with van der Waals surface area (Å²) in [6.07, 6.45) is 3.17. The van der Waals surface area contributed by atoms with Crippen molar-refractivity contribution >= 4 is 11.9 Å². The monoisotopic (exact) mass is 326 g/mol. The highest BCUT2D eigenvalue weighted by Crippen LogP contribution is 2.36. The van der Waals surface area contributed by atoms with Crippen LogP contribution in [0.5, 0.6) is 0 Å². The largest absolute Gasteiger partial charge is 0.463 e. The molecule has 0 saturated heterocycles. The van der Waals surface area contributed by atoms with Gasteiger partial charge in [-0.25, -0.2) is 9.48 Å². The first-order chi connectivity index (χ1) is 11.7. The van der Waals surface area contributed by atoms with Gasteiger partial charge in [-0.1, -0.05) is 43.2 Å². The van der Waals surface area contributed by atoms with Gasteiger partial charge >= 0.3 is 5.97 Å². The quantitative estimate of drug-likeness (QED) is 0.854. The van der Waals surface area contributed by atoms with Crippen molar-refractivity contribution in [2.45, 2.75) is 39.7 Å². The molecule has 126 valence electrons. The van der Waals surface area contributed by atoms with Crippen LogP contribution in [0.4, 0.5) is 5.95 Å². The summed E-state index contributed by atoms with van der Waals surface area (Å²) in [5.41, 5.74) is 3.61. The van der Waals surface area contributed by atoms with Gasteiger partial charge in [0.1, 0.15) is 12.4 Å².